The van der Waals surface area contributed by atoms with Crippen LogP contribution in [0.1, 0.15) is 13.8 Å². The van der Waals surface area contributed by atoms with Crippen LogP contribution in [0, 0.1) is 0 Å². The van der Waals surface area contributed by atoms with Gasteiger partial charge in [0.15, 0.2) is 11.8 Å². The van der Waals surface area contributed by atoms with Gasteiger partial charge in [-0.3, -0.25) is 9.69 Å². The number of alkyl halides is 2. The van der Waals surface area contributed by atoms with Crippen LogP contribution in [-0.2, 0) is 20.9 Å². The Labute approximate surface area is 183 Å². The SMILES string of the molecule is CCN1CCn2cc(N3C(=C=O)OC[C@H]3C(F)F)nc2-c2ccc(N[C@@H](C)C(N)=O)cc21. The smallest absolute Gasteiger partial charge is 0.284 e. The molecule has 2 aliphatic rings. The lowest BCUT2D eigenvalue weighted by Gasteiger charge is -2.24. The molecule has 4 rings (SSSR count). The Morgan fingerprint density at radius 3 is 2.84 bits per heavy atom. The molecule has 0 aliphatic carbocycles. The molecule has 2 aromatic rings. The molecule has 0 bridgehead atoms. The zero-order valence-corrected chi connectivity index (χ0v) is 17.7. The fourth-order valence-electron chi connectivity index (χ4n) is 3.97. The molecule has 170 valence electrons. The highest BCUT2D eigenvalue weighted by molar-refractivity contribution is 5.84. The standard InChI is InChI=1S/C21H24F2N6O3/c1-3-27-6-7-28-9-17(29-16(19(22)23)11-32-18(29)10-30)26-21(28)14-5-4-13(8-15(14)27)25-12(2)20(24)31/h4-5,8-9,12,16,19,25H,3,6-7,11H2,1-2H3,(H2,24,31)/t12-,16-/m0/s1. The fourth-order valence-corrected chi connectivity index (χ4v) is 3.97. The number of aromatic nitrogens is 2. The second-order valence-electron chi connectivity index (χ2n) is 7.69. The summed E-state index contributed by atoms with van der Waals surface area (Å²) >= 11 is 0. The summed E-state index contributed by atoms with van der Waals surface area (Å²) in [6.07, 6.45) is -1.06. The summed E-state index contributed by atoms with van der Waals surface area (Å²) in [5.41, 5.74) is 7.78. The van der Waals surface area contributed by atoms with Crippen LogP contribution in [0.4, 0.5) is 26.0 Å². The summed E-state index contributed by atoms with van der Waals surface area (Å²) in [7, 11) is 0. The molecule has 3 heterocycles. The van der Waals surface area contributed by atoms with Crippen molar-refractivity contribution in [3.05, 3.63) is 30.3 Å². The lowest BCUT2D eigenvalue weighted by atomic mass is 10.1. The molecule has 1 aromatic heterocycles. The molecule has 0 saturated carbocycles. The first-order valence-corrected chi connectivity index (χ1v) is 10.3. The maximum Gasteiger partial charge on any atom is 0.284 e. The van der Waals surface area contributed by atoms with Gasteiger partial charge in [-0.05, 0) is 32.0 Å². The van der Waals surface area contributed by atoms with Gasteiger partial charge >= 0.3 is 0 Å². The lowest BCUT2D eigenvalue weighted by Crippen LogP contribution is -2.36. The second kappa shape index (κ2) is 8.51. The zero-order valence-electron chi connectivity index (χ0n) is 17.7. The number of nitrogens with one attached hydrogen (secondary N) is 1. The molecule has 1 fully saturated rings. The number of imidazole rings is 1. The highest BCUT2D eigenvalue weighted by Gasteiger charge is 2.40. The van der Waals surface area contributed by atoms with Crippen LogP contribution in [0.15, 0.2) is 30.3 Å². The van der Waals surface area contributed by atoms with E-state index >= 15 is 0 Å². The van der Waals surface area contributed by atoms with Crippen LogP contribution in [-0.4, -0.2) is 59.6 Å². The summed E-state index contributed by atoms with van der Waals surface area (Å²) in [6, 6.07) is 3.74. The molecule has 0 radical (unpaired) electrons. The first kappa shape index (κ1) is 21.6. The van der Waals surface area contributed by atoms with Crippen molar-refractivity contribution < 1.29 is 23.1 Å². The third kappa shape index (κ3) is 3.75. The van der Waals surface area contributed by atoms with E-state index in [1.54, 1.807) is 19.1 Å². The van der Waals surface area contributed by atoms with E-state index in [1.165, 1.54) is 0 Å². The second-order valence-corrected chi connectivity index (χ2v) is 7.69. The van der Waals surface area contributed by atoms with E-state index < -0.39 is 24.4 Å². The molecule has 3 N–H and O–H groups in total. The summed E-state index contributed by atoms with van der Waals surface area (Å²) in [6.45, 7) is 5.38. The van der Waals surface area contributed by atoms with Gasteiger partial charge in [0.05, 0.1) is 0 Å². The Hall–Kier alpha value is -3.59. The van der Waals surface area contributed by atoms with E-state index in [0.717, 1.165) is 28.4 Å². The number of anilines is 3. The van der Waals surface area contributed by atoms with Gasteiger partial charge in [-0.2, -0.15) is 0 Å². The Bertz CT molecular complexity index is 1080. The van der Waals surface area contributed by atoms with Crippen molar-refractivity contribution in [3.63, 3.8) is 0 Å². The monoisotopic (exact) mass is 446 g/mol. The van der Waals surface area contributed by atoms with Crippen molar-refractivity contribution in [1.29, 1.82) is 0 Å². The number of halogens is 2. The van der Waals surface area contributed by atoms with Crippen molar-refractivity contribution in [3.8, 4) is 11.4 Å². The highest BCUT2D eigenvalue weighted by atomic mass is 19.3. The number of fused-ring (bicyclic) bond motifs is 3. The van der Waals surface area contributed by atoms with Crippen molar-refractivity contribution in [2.45, 2.75) is 38.9 Å². The number of nitrogens with zero attached hydrogens (tertiary/aromatic N) is 4. The predicted octanol–water partition coefficient (Wildman–Crippen LogP) is 1.82. The van der Waals surface area contributed by atoms with Gasteiger partial charge in [0.25, 0.3) is 12.3 Å². The van der Waals surface area contributed by atoms with Gasteiger partial charge in [0, 0.05) is 42.8 Å². The number of carbonyl (C=O) groups excluding carboxylic acids is 2. The molecular weight excluding hydrogens is 422 g/mol. The number of amides is 1. The van der Waals surface area contributed by atoms with Crippen molar-refractivity contribution in [2.24, 2.45) is 5.73 Å². The van der Waals surface area contributed by atoms with Gasteiger partial charge in [0.1, 0.15) is 24.5 Å². The molecule has 0 spiro atoms. The zero-order chi connectivity index (χ0) is 23.0. The first-order chi connectivity index (χ1) is 15.3. The molecule has 2 atom stereocenters. The van der Waals surface area contributed by atoms with E-state index in [0.29, 0.717) is 18.9 Å². The Kier molecular flexibility index (Phi) is 5.75. The van der Waals surface area contributed by atoms with Gasteiger partial charge < -0.3 is 25.3 Å². The Morgan fingerprint density at radius 1 is 1.41 bits per heavy atom. The largest absolute Gasteiger partial charge is 0.468 e. The normalized spacial score (nSPS) is 18.5. The van der Waals surface area contributed by atoms with Crippen LogP contribution >= 0.6 is 0 Å². The van der Waals surface area contributed by atoms with Crippen LogP contribution in [0.5, 0.6) is 0 Å². The number of carbonyl (C=O) groups is 1. The molecule has 1 saturated heterocycles. The quantitative estimate of drug-likeness (QED) is 0.652. The van der Waals surface area contributed by atoms with E-state index in [-0.39, 0.29) is 18.3 Å². The first-order valence-electron chi connectivity index (χ1n) is 10.3. The fraction of sp³-hybridized carbons (Fsp3) is 0.429. The molecule has 1 amide bonds. The van der Waals surface area contributed by atoms with Gasteiger partial charge in [-0.15, -0.1) is 0 Å². The number of benzene rings is 1. The molecule has 2 aliphatic heterocycles. The third-order valence-electron chi connectivity index (χ3n) is 5.71. The summed E-state index contributed by atoms with van der Waals surface area (Å²) in [4.78, 5) is 30.6. The van der Waals surface area contributed by atoms with Crippen molar-refractivity contribution >= 4 is 29.0 Å². The topological polar surface area (TPSA) is 106 Å². The molecular formula is C21H24F2N6O3. The molecule has 32 heavy (non-hydrogen) atoms. The Morgan fingerprint density at radius 2 is 2.19 bits per heavy atom. The third-order valence-corrected chi connectivity index (χ3v) is 5.71. The van der Waals surface area contributed by atoms with Crippen LogP contribution in [0.25, 0.3) is 11.4 Å². The van der Waals surface area contributed by atoms with E-state index in [9.17, 15) is 18.4 Å². The Balaban J connectivity index is 1.76. The average molecular weight is 446 g/mol. The lowest BCUT2D eigenvalue weighted by molar-refractivity contribution is -0.118. The van der Waals surface area contributed by atoms with Gasteiger partial charge in [0.2, 0.25) is 5.91 Å². The number of primary amides is 1. The highest BCUT2D eigenvalue weighted by Crippen LogP contribution is 2.38. The average Bonchev–Trinajstić information content (AvgIpc) is 3.35. The van der Waals surface area contributed by atoms with Crippen LogP contribution < -0.4 is 20.9 Å². The summed E-state index contributed by atoms with van der Waals surface area (Å²) < 4.78 is 34.1. The minimum atomic E-state index is -2.72. The molecule has 0 unspecified atom stereocenters. The number of nitrogens with two attached hydrogens (primary N) is 1. The maximum absolute atomic E-state index is 13.5. The number of likely N-dealkylation sites (N-methyl/N-ethyl adjacent to an activating group) is 1. The number of hydrogen-bond acceptors (Lipinski definition) is 7. The van der Waals surface area contributed by atoms with E-state index in [4.69, 9.17) is 10.5 Å². The minimum absolute atomic E-state index is 0.210. The van der Waals surface area contributed by atoms with Crippen LogP contribution in [0.3, 0.4) is 0 Å². The summed E-state index contributed by atoms with van der Waals surface area (Å²) in [5, 5.41) is 3.08. The molecule has 9 nitrogen and oxygen atoms in total. The molecule has 1 aromatic carbocycles. The van der Waals surface area contributed by atoms with Crippen molar-refractivity contribution in [2.75, 3.05) is 34.8 Å². The minimum Gasteiger partial charge on any atom is -0.468 e. The number of rotatable bonds is 6. The van der Waals surface area contributed by atoms with E-state index in [2.05, 4.69) is 15.2 Å². The van der Waals surface area contributed by atoms with Gasteiger partial charge in [-0.1, -0.05) is 0 Å². The number of hydrogen-bond donors (Lipinski definition) is 2. The summed E-state index contributed by atoms with van der Waals surface area (Å²) in [5.74, 6) is 1.63. The van der Waals surface area contributed by atoms with Crippen LogP contribution in [0.2, 0.25) is 0 Å². The predicted molar refractivity (Wildman–Crippen MR) is 115 cm³/mol. The maximum atomic E-state index is 13.5. The molecule has 11 heteroatoms. The number of ether oxygens (including phenoxy) is 1. The van der Waals surface area contributed by atoms with Gasteiger partial charge in [-0.25, -0.2) is 18.6 Å². The van der Waals surface area contributed by atoms with Crippen molar-refractivity contribution in [1.82, 2.24) is 9.55 Å². The van der Waals surface area contributed by atoms with E-state index in [1.807, 2.05) is 29.7 Å².